The molecule has 0 radical (unpaired) electrons. The van der Waals surface area contributed by atoms with Crippen LogP contribution in [0.1, 0.15) is 239 Å². The predicted molar refractivity (Wildman–Crippen MR) is 270 cm³/mol. The maximum atomic E-state index is 12.9. The maximum absolute atomic E-state index is 12.9. The lowest BCUT2D eigenvalue weighted by molar-refractivity contribution is -0.150. The van der Waals surface area contributed by atoms with Gasteiger partial charge in [-0.15, -0.1) is 4.99 Å². The van der Waals surface area contributed by atoms with Crippen molar-refractivity contribution in [1.82, 2.24) is 20.4 Å². The first-order valence-electron chi connectivity index (χ1n) is 27.1. The molecule has 2 N–H and O–H groups in total. The van der Waals surface area contributed by atoms with E-state index < -0.39 is 0 Å². The summed E-state index contributed by atoms with van der Waals surface area (Å²) in [5.74, 6) is 0.550. The second-order valence-corrected chi connectivity index (χ2v) is 18.6. The van der Waals surface area contributed by atoms with Crippen molar-refractivity contribution in [2.24, 2.45) is 4.99 Å². The van der Waals surface area contributed by atoms with Crippen molar-refractivity contribution in [3.63, 3.8) is 0 Å². The van der Waals surface area contributed by atoms with Crippen molar-refractivity contribution >= 4 is 11.9 Å². The maximum Gasteiger partial charge on any atom is 0.306 e. The number of nitrogens with zero attached hydrogens (tertiary/aromatic N) is 4. The molecule has 372 valence electrons. The minimum atomic E-state index is 0.0235. The standard InChI is InChI=1S/C53H106N6O4/c1-6-9-12-15-19-27-34-46-61-47-35-28-20-18-25-32-42-59(44-36-40-55-53(57-50-54)56-41-48-62-49-45-58(4)5)43-33-26-21-24-31-39-52(60)63-51(37-29-22-16-13-10-7-2)38-30-23-17-14-11-8-3/h51H,6-49H2,1-5H3,(H2,55,56,57). The summed E-state index contributed by atoms with van der Waals surface area (Å²) in [6.45, 7) is 15.5. The van der Waals surface area contributed by atoms with Gasteiger partial charge in [-0.1, -0.05) is 168 Å². The Balaban J connectivity index is 4.61. The molecule has 0 saturated heterocycles. The zero-order valence-electron chi connectivity index (χ0n) is 42.6. The van der Waals surface area contributed by atoms with Gasteiger partial charge in [0.25, 0.3) is 0 Å². The lowest BCUT2D eigenvalue weighted by atomic mass is 10.0. The Labute approximate surface area is 391 Å². The van der Waals surface area contributed by atoms with Gasteiger partial charge in [0.15, 0.2) is 0 Å². The van der Waals surface area contributed by atoms with E-state index >= 15 is 0 Å². The molecule has 10 nitrogen and oxygen atoms in total. The van der Waals surface area contributed by atoms with Crippen molar-refractivity contribution in [2.45, 2.75) is 245 Å². The summed E-state index contributed by atoms with van der Waals surface area (Å²) in [6, 6.07) is 0. The van der Waals surface area contributed by atoms with Gasteiger partial charge in [0.1, 0.15) is 6.10 Å². The molecule has 10 heteroatoms. The minimum absolute atomic E-state index is 0.0235. The van der Waals surface area contributed by atoms with E-state index in [4.69, 9.17) is 14.2 Å². The van der Waals surface area contributed by atoms with Crippen LogP contribution >= 0.6 is 0 Å². The number of carbonyl (C=O) groups excluding carboxylic acids is 1. The molecule has 63 heavy (non-hydrogen) atoms. The van der Waals surface area contributed by atoms with Crippen molar-refractivity contribution < 1.29 is 19.0 Å². The third kappa shape index (κ3) is 47.8. The predicted octanol–water partition coefficient (Wildman–Crippen LogP) is 13.1. The van der Waals surface area contributed by atoms with Crippen LogP contribution in [0, 0.1) is 11.5 Å². The molecule has 0 fully saturated rings. The third-order valence-corrected chi connectivity index (χ3v) is 12.1. The van der Waals surface area contributed by atoms with E-state index in [1.54, 1.807) is 0 Å². The highest BCUT2D eigenvalue weighted by molar-refractivity contribution is 5.80. The Morgan fingerprint density at radius 1 is 0.508 bits per heavy atom. The van der Waals surface area contributed by atoms with Gasteiger partial charge >= 0.3 is 5.97 Å². The fourth-order valence-corrected chi connectivity index (χ4v) is 8.08. The molecule has 0 unspecified atom stereocenters. The van der Waals surface area contributed by atoms with Crippen LogP contribution in [0.4, 0.5) is 0 Å². The SMILES string of the molecule is CCCCCCCCCOCCCCCCCCN(CCCCCCCC(=O)OC(CCCCCCCC)CCCCCCCC)CCCN/C(=N/C#N)NCCOCCN(C)C. The first-order valence-corrected chi connectivity index (χ1v) is 27.1. The van der Waals surface area contributed by atoms with Crippen molar-refractivity contribution in [1.29, 1.82) is 5.26 Å². The summed E-state index contributed by atoms with van der Waals surface area (Å²) >= 11 is 0. The lowest BCUT2D eigenvalue weighted by Crippen LogP contribution is -2.40. The van der Waals surface area contributed by atoms with Crippen LogP contribution < -0.4 is 10.6 Å². The first kappa shape index (κ1) is 61.1. The second kappa shape index (κ2) is 51.1. The number of esters is 1. The molecule has 0 atom stereocenters. The number of carbonyl (C=O) groups is 1. The monoisotopic (exact) mass is 891 g/mol. The number of hydrogen-bond acceptors (Lipinski definition) is 8. The molecule has 0 spiro atoms. The lowest BCUT2D eigenvalue weighted by Gasteiger charge is -2.23. The highest BCUT2D eigenvalue weighted by Crippen LogP contribution is 2.19. The van der Waals surface area contributed by atoms with E-state index in [-0.39, 0.29) is 12.1 Å². The second-order valence-electron chi connectivity index (χ2n) is 18.6. The molecule has 0 aliphatic heterocycles. The average molecular weight is 891 g/mol. The van der Waals surface area contributed by atoms with Crippen LogP contribution in [0.15, 0.2) is 4.99 Å². The number of aliphatic imine (C=N–C) groups is 1. The molecule has 0 rings (SSSR count). The van der Waals surface area contributed by atoms with Crippen molar-refractivity contribution in [2.75, 3.05) is 79.8 Å². The van der Waals surface area contributed by atoms with Gasteiger partial charge in [-0.05, 0) is 97.9 Å². The third-order valence-electron chi connectivity index (χ3n) is 12.1. The Bertz CT molecular complexity index is 992. The summed E-state index contributed by atoms with van der Waals surface area (Å²) in [7, 11) is 4.07. The van der Waals surface area contributed by atoms with Gasteiger partial charge in [-0.3, -0.25) is 4.79 Å². The topological polar surface area (TPSA) is 111 Å². The minimum Gasteiger partial charge on any atom is -0.462 e. The van der Waals surface area contributed by atoms with E-state index in [1.807, 2.05) is 20.3 Å². The number of nitriles is 1. The number of likely N-dealkylation sites (N-methyl/N-ethyl adjacent to an activating group) is 1. The normalized spacial score (nSPS) is 11.9. The molecule has 0 aromatic rings. The number of rotatable bonds is 50. The molecule has 0 aromatic carbocycles. The van der Waals surface area contributed by atoms with E-state index in [1.165, 1.54) is 180 Å². The van der Waals surface area contributed by atoms with Gasteiger partial charge in [-0.2, -0.15) is 5.26 Å². The largest absolute Gasteiger partial charge is 0.462 e. The molecule has 0 bridgehead atoms. The molecule has 0 heterocycles. The van der Waals surface area contributed by atoms with Crippen molar-refractivity contribution in [3.05, 3.63) is 0 Å². The molecule has 0 amide bonds. The van der Waals surface area contributed by atoms with Gasteiger partial charge < -0.3 is 34.6 Å². The van der Waals surface area contributed by atoms with Gasteiger partial charge in [0.2, 0.25) is 12.2 Å². The Kier molecular flexibility index (Phi) is 49.5. The van der Waals surface area contributed by atoms with Crippen LogP contribution in [0.3, 0.4) is 0 Å². The van der Waals surface area contributed by atoms with Crippen molar-refractivity contribution in [3.8, 4) is 6.19 Å². The fourth-order valence-electron chi connectivity index (χ4n) is 8.08. The molecule has 0 aliphatic rings. The number of nitrogens with one attached hydrogen (secondary N) is 2. The van der Waals surface area contributed by atoms with Crippen LogP contribution in [0.2, 0.25) is 0 Å². The quantitative estimate of drug-likeness (QED) is 0.0203. The zero-order chi connectivity index (χ0) is 45.9. The number of guanidine groups is 1. The summed E-state index contributed by atoms with van der Waals surface area (Å²) in [5.41, 5.74) is 0. The van der Waals surface area contributed by atoms with E-state index in [0.717, 1.165) is 78.0 Å². The van der Waals surface area contributed by atoms with E-state index in [0.29, 0.717) is 32.1 Å². The fraction of sp³-hybridized carbons (Fsp3) is 0.943. The summed E-state index contributed by atoms with van der Waals surface area (Å²) < 4.78 is 17.7. The Morgan fingerprint density at radius 3 is 1.44 bits per heavy atom. The van der Waals surface area contributed by atoms with Gasteiger partial charge in [0, 0.05) is 39.3 Å². The Morgan fingerprint density at radius 2 is 0.937 bits per heavy atom. The highest BCUT2D eigenvalue weighted by Gasteiger charge is 2.14. The first-order chi connectivity index (χ1) is 31.0. The van der Waals surface area contributed by atoms with E-state index in [2.05, 4.69) is 46.2 Å². The van der Waals surface area contributed by atoms with Crippen LogP contribution in [-0.2, 0) is 19.0 Å². The summed E-state index contributed by atoms with van der Waals surface area (Å²) in [6.07, 6.45) is 43.6. The number of hydrogen-bond donors (Lipinski definition) is 2. The highest BCUT2D eigenvalue weighted by atomic mass is 16.5. The number of unbranched alkanes of at least 4 members (excludes halogenated alkanes) is 25. The van der Waals surface area contributed by atoms with Gasteiger partial charge in [0.05, 0.1) is 13.2 Å². The van der Waals surface area contributed by atoms with Gasteiger partial charge in [-0.25, -0.2) is 0 Å². The average Bonchev–Trinajstić information content (AvgIpc) is 3.27. The summed E-state index contributed by atoms with van der Waals surface area (Å²) in [5, 5.41) is 15.8. The molecular weight excluding hydrogens is 785 g/mol. The molecule has 0 aliphatic carbocycles. The van der Waals surface area contributed by atoms with Crippen LogP contribution in [-0.4, -0.2) is 108 Å². The summed E-state index contributed by atoms with van der Waals surface area (Å²) in [4.78, 5) is 21.6. The Hall–Kier alpha value is -1.93. The number of ether oxygens (including phenoxy) is 3. The smallest absolute Gasteiger partial charge is 0.306 e. The molecule has 0 saturated carbocycles. The van der Waals surface area contributed by atoms with Crippen LogP contribution in [0.5, 0.6) is 0 Å². The molecule has 0 aromatic heterocycles. The van der Waals surface area contributed by atoms with Crippen LogP contribution in [0.25, 0.3) is 0 Å². The zero-order valence-corrected chi connectivity index (χ0v) is 42.6. The molecular formula is C53H106N6O4. The van der Waals surface area contributed by atoms with E-state index in [9.17, 15) is 10.1 Å².